The molecule has 0 radical (unpaired) electrons. The third-order valence-electron chi connectivity index (χ3n) is 2.61. The zero-order chi connectivity index (χ0) is 14.4. The Balaban J connectivity index is 3.01. The molecule has 0 spiro atoms. The van der Waals surface area contributed by atoms with Crippen molar-refractivity contribution in [2.75, 3.05) is 20.8 Å². The lowest BCUT2D eigenvalue weighted by Gasteiger charge is -2.16. The number of ether oxygens (including phenoxy) is 3. The number of carbonyl (C=O) groups excluding carboxylic acids is 1. The number of nitrogens with two attached hydrogens (primary N) is 1. The number of benzene rings is 1. The Labute approximate surface area is 112 Å². The van der Waals surface area contributed by atoms with Crippen LogP contribution < -0.4 is 15.2 Å². The van der Waals surface area contributed by atoms with Crippen LogP contribution in [0.5, 0.6) is 17.2 Å². The zero-order valence-electron chi connectivity index (χ0n) is 11.3. The predicted molar refractivity (Wildman–Crippen MR) is 69.5 cm³/mol. The lowest BCUT2D eigenvalue weighted by Crippen LogP contribution is -2.34. The molecule has 6 nitrogen and oxygen atoms in total. The molecule has 0 aliphatic heterocycles. The zero-order valence-corrected chi connectivity index (χ0v) is 11.3. The van der Waals surface area contributed by atoms with Crippen LogP contribution in [0.3, 0.4) is 0 Å². The van der Waals surface area contributed by atoms with Crippen molar-refractivity contribution in [3.63, 3.8) is 0 Å². The summed E-state index contributed by atoms with van der Waals surface area (Å²) in [5.41, 5.74) is 6.39. The molecular weight excluding hydrogens is 250 g/mol. The van der Waals surface area contributed by atoms with Crippen LogP contribution in [0.15, 0.2) is 12.1 Å². The summed E-state index contributed by atoms with van der Waals surface area (Å²) < 4.78 is 15.2. The molecule has 0 amide bonds. The van der Waals surface area contributed by atoms with Crippen LogP contribution >= 0.6 is 0 Å². The predicted octanol–water partition coefficient (Wildman–Crippen LogP) is 0.842. The molecule has 3 N–H and O–H groups in total. The quantitative estimate of drug-likeness (QED) is 0.744. The van der Waals surface area contributed by atoms with Gasteiger partial charge in [0.1, 0.15) is 23.3 Å². The molecule has 1 aromatic carbocycles. The molecule has 19 heavy (non-hydrogen) atoms. The van der Waals surface area contributed by atoms with E-state index in [4.69, 9.17) is 19.9 Å². The van der Waals surface area contributed by atoms with Gasteiger partial charge in [-0.25, -0.2) is 0 Å². The first-order valence-corrected chi connectivity index (χ1v) is 5.89. The smallest absolute Gasteiger partial charge is 0.323 e. The lowest BCUT2D eigenvalue weighted by atomic mass is 10.0. The van der Waals surface area contributed by atoms with E-state index in [0.717, 1.165) is 0 Å². The third kappa shape index (κ3) is 3.75. The second kappa shape index (κ2) is 6.84. The van der Waals surface area contributed by atoms with E-state index in [0.29, 0.717) is 17.1 Å². The second-order valence-electron chi connectivity index (χ2n) is 3.89. The number of hydrogen-bond acceptors (Lipinski definition) is 6. The molecule has 1 aromatic rings. The molecule has 6 heteroatoms. The minimum Gasteiger partial charge on any atom is -0.508 e. The number of carbonyl (C=O) groups is 1. The summed E-state index contributed by atoms with van der Waals surface area (Å²) in [6.07, 6.45) is 0.200. The van der Waals surface area contributed by atoms with Crippen LogP contribution in [-0.4, -0.2) is 37.9 Å². The highest BCUT2D eigenvalue weighted by Crippen LogP contribution is 2.34. The fourth-order valence-corrected chi connectivity index (χ4v) is 1.72. The topological polar surface area (TPSA) is 91.0 Å². The number of aromatic hydroxyl groups is 1. The fourth-order valence-electron chi connectivity index (χ4n) is 1.72. The summed E-state index contributed by atoms with van der Waals surface area (Å²) in [5.74, 6) is 0.357. The van der Waals surface area contributed by atoms with Gasteiger partial charge in [0.2, 0.25) is 0 Å². The minimum absolute atomic E-state index is 0.0159. The third-order valence-corrected chi connectivity index (χ3v) is 2.61. The van der Waals surface area contributed by atoms with Crippen molar-refractivity contribution in [3.8, 4) is 17.2 Å². The number of methoxy groups -OCH3 is 2. The molecule has 0 unspecified atom stereocenters. The number of phenols is 1. The standard InChI is InChI=1S/C13H19NO5/c1-4-19-13(16)10(14)7-9-11(17-2)5-8(15)6-12(9)18-3/h5-6,10,15H,4,7,14H2,1-3H3/t10-/m0/s1. The lowest BCUT2D eigenvalue weighted by molar-refractivity contribution is -0.144. The van der Waals surface area contributed by atoms with E-state index in [-0.39, 0.29) is 18.8 Å². The molecular formula is C13H19NO5. The molecule has 0 aliphatic carbocycles. The van der Waals surface area contributed by atoms with Crippen LogP contribution in [0.2, 0.25) is 0 Å². The Morgan fingerprint density at radius 1 is 1.32 bits per heavy atom. The van der Waals surface area contributed by atoms with Crippen molar-refractivity contribution in [2.45, 2.75) is 19.4 Å². The van der Waals surface area contributed by atoms with E-state index in [2.05, 4.69) is 0 Å². The molecule has 106 valence electrons. The first kappa shape index (κ1) is 15.1. The van der Waals surface area contributed by atoms with Gasteiger partial charge in [-0.1, -0.05) is 0 Å². The van der Waals surface area contributed by atoms with Crippen LogP contribution in [0, 0.1) is 0 Å². The maximum Gasteiger partial charge on any atom is 0.323 e. The monoisotopic (exact) mass is 269 g/mol. The van der Waals surface area contributed by atoms with E-state index in [1.165, 1.54) is 26.4 Å². The summed E-state index contributed by atoms with van der Waals surface area (Å²) >= 11 is 0. The Morgan fingerprint density at radius 3 is 2.26 bits per heavy atom. The molecule has 0 bridgehead atoms. The van der Waals surface area contributed by atoms with Gasteiger partial charge in [-0.3, -0.25) is 4.79 Å². The van der Waals surface area contributed by atoms with Gasteiger partial charge in [-0.15, -0.1) is 0 Å². The van der Waals surface area contributed by atoms with Gasteiger partial charge in [0.25, 0.3) is 0 Å². The fraction of sp³-hybridized carbons (Fsp3) is 0.462. The van der Waals surface area contributed by atoms with Crippen molar-refractivity contribution >= 4 is 5.97 Å². The van der Waals surface area contributed by atoms with Gasteiger partial charge < -0.3 is 25.1 Å². The normalized spacial score (nSPS) is 11.8. The van der Waals surface area contributed by atoms with E-state index in [1.807, 2.05) is 0 Å². The number of rotatable bonds is 6. The maximum absolute atomic E-state index is 11.5. The molecule has 0 aromatic heterocycles. The van der Waals surface area contributed by atoms with Crippen molar-refractivity contribution in [1.82, 2.24) is 0 Å². The largest absolute Gasteiger partial charge is 0.508 e. The highest BCUT2D eigenvalue weighted by molar-refractivity contribution is 5.76. The van der Waals surface area contributed by atoms with E-state index in [9.17, 15) is 9.90 Å². The Bertz CT molecular complexity index is 422. The first-order valence-electron chi connectivity index (χ1n) is 5.89. The van der Waals surface area contributed by atoms with Gasteiger partial charge in [0.15, 0.2) is 0 Å². The summed E-state index contributed by atoms with van der Waals surface area (Å²) in [6.45, 7) is 1.99. The van der Waals surface area contributed by atoms with Gasteiger partial charge in [0, 0.05) is 24.1 Å². The van der Waals surface area contributed by atoms with Crippen molar-refractivity contribution in [3.05, 3.63) is 17.7 Å². The van der Waals surface area contributed by atoms with E-state index < -0.39 is 12.0 Å². The van der Waals surface area contributed by atoms with Crippen molar-refractivity contribution in [1.29, 1.82) is 0 Å². The molecule has 0 fully saturated rings. The SMILES string of the molecule is CCOC(=O)[C@@H](N)Cc1c(OC)cc(O)cc1OC. The highest BCUT2D eigenvalue weighted by Gasteiger charge is 2.21. The highest BCUT2D eigenvalue weighted by atomic mass is 16.5. The average molecular weight is 269 g/mol. The van der Waals surface area contributed by atoms with Gasteiger partial charge in [0.05, 0.1) is 20.8 Å². The van der Waals surface area contributed by atoms with Crippen LogP contribution in [-0.2, 0) is 16.0 Å². The van der Waals surface area contributed by atoms with E-state index >= 15 is 0 Å². The van der Waals surface area contributed by atoms with Gasteiger partial charge in [-0.05, 0) is 6.92 Å². The summed E-state index contributed by atoms with van der Waals surface area (Å²) in [6, 6.07) is 2.07. The van der Waals surface area contributed by atoms with Crippen LogP contribution in [0.25, 0.3) is 0 Å². The number of phenolic OH excluding ortho intramolecular Hbond substituents is 1. The second-order valence-corrected chi connectivity index (χ2v) is 3.89. The molecule has 0 saturated heterocycles. The van der Waals surface area contributed by atoms with Crippen molar-refractivity contribution in [2.24, 2.45) is 5.73 Å². The van der Waals surface area contributed by atoms with Gasteiger partial charge in [-0.2, -0.15) is 0 Å². The number of hydrogen-bond donors (Lipinski definition) is 2. The Morgan fingerprint density at radius 2 is 1.84 bits per heavy atom. The molecule has 0 aliphatic rings. The minimum atomic E-state index is -0.813. The number of esters is 1. The average Bonchev–Trinajstić information content (AvgIpc) is 2.40. The molecule has 0 heterocycles. The Kier molecular flexibility index (Phi) is 5.44. The summed E-state index contributed by atoms with van der Waals surface area (Å²) in [5, 5.41) is 9.53. The molecule has 0 saturated carbocycles. The van der Waals surface area contributed by atoms with Gasteiger partial charge >= 0.3 is 5.97 Å². The van der Waals surface area contributed by atoms with E-state index in [1.54, 1.807) is 6.92 Å². The summed E-state index contributed by atoms with van der Waals surface area (Å²) in [4.78, 5) is 11.5. The van der Waals surface area contributed by atoms with Crippen molar-refractivity contribution < 1.29 is 24.1 Å². The van der Waals surface area contributed by atoms with Crippen LogP contribution in [0.4, 0.5) is 0 Å². The molecule has 1 rings (SSSR count). The first-order chi connectivity index (χ1) is 9.03. The Hall–Kier alpha value is -1.95. The van der Waals surface area contributed by atoms with Crippen LogP contribution in [0.1, 0.15) is 12.5 Å². The molecule has 1 atom stereocenters. The summed E-state index contributed by atoms with van der Waals surface area (Å²) in [7, 11) is 2.93. The maximum atomic E-state index is 11.5.